The number of nitrogens with zero attached hydrogens (tertiary/aromatic N) is 2. The van der Waals surface area contributed by atoms with Crippen LogP contribution in [-0.2, 0) is 16.4 Å². The highest BCUT2D eigenvalue weighted by Gasteiger charge is 2.18. The summed E-state index contributed by atoms with van der Waals surface area (Å²) in [6.45, 7) is 2.64. The molecule has 0 aliphatic heterocycles. The molecule has 0 heterocycles. The zero-order chi connectivity index (χ0) is 20.6. The molecule has 1 fully saturated rings. The second kappa shape index (κ2) is 10.7. The average Bonchev–Trinajstić information content (AvgIpc) is 2.69. The second-order valence-corrected chi connectivity index (χ2v) is 10.2. The molecule has 2 rings (SSSR count). The lowest BCUT2D eigenvalue weighted by molar-refractivity contribution is 0.427. The largest absolute Gasteiger partial charge is 0.372 e. The number of sulfone groups is 1. The Labute approximate surface area is 170 Å². The molecule has 0 spiro atoms. The van der Waals surface area contributed by atoms with Crippen LogP contribution in [0.15, 0.2) is 29.3 Å². The van der Waals surface area contributed by atoms with Crippen molar-refractivity contribution in [3.63, 3.8) is 0 Å². The van der Waals surface area contributed by atoms with Gasteiger partial charge in [-0.15, -0.1) is 0 Å². The minimum absolute atomic E-state index is 0.0347. The van der Waals surface area contributed by atoms with Crippen LogP contribution in [-0.4, -0.2) is 52.6 Å². The zero-order valence-electron chi connectivity index (χ0n) is 17.7. The molecule has 7 heteroatoms. The summed E-state index contributed by atoms with van der Waals surface area (Å²) in [5.74, 6) is 0.859. The number of hydrogen-bond acceptors (Lipinski definition) is 4. The van der Waals surface area contributed by atoms with Gasteiger partial charge in [0.1, 0.15) is 9.84 Å². The number of nitrogens with one attached hydrogen (secondary N) is 2. The van der Waals surface area contributed by atoms with Gasteiger partial charge in [0.15, 0.2) is 5.96 Å². The lowest BCUT2D eigenvalue weighted by atomic mass is 9.94. The topological polar surface area (TPSA) is 73.8 Å². The third-order valence-corrected chi connectivity index (χ3v) is 6.43. The van der Waals surface area contributed by atoms with Crippen LogP contribution in [0.4, 0.5) is 5.69 Å². The van der Waals surface area contributed by atoms with E-state index in [-0.39, 0.29) is 11.8 Å². The van der Waals surface area contributed by atoms with Crippen LogP contribution in [0.25, 0.3) is 0 Å². The van der Waals surface area contributed by atoms with Crippen molar-refractivity contribution in [3.05, 3.63) is 29.8 Å². The SMILES string of the molecule is CN=C(NCc1ccc(N(C)C2CCCCC2)cc1)NC(C)CCS(C)(=O)=O. The average molecular weight is 409 g/mol. The Balaban J connectivity index is 1.82. The molecule has 0 radical (unpaired) electrons. The molecule has 1 saturated carbocycles. The first kappa shape index (κ1) is 22.5. The highest BCUT2D eigenvalue weighted by atomic mass is 32.2. The van der Waals surface area contributed by atoms with Crippen LogP contribution in [0.5, 0.6) is 0 Å². The Hall–Kier alpha value is -1.76. The van der Waals surface area contributed by atoms with Gasteiger partial charge in [0.2, 0.25) is 0 Å². The van der Waals surface area contributed by atoms with E-state index in [1.165, 1.54) is 49.6 Å². The van der Waals surface area contributed by atoms with Crippen LogP contribution in [0, 0.1) is 0 Å². The van der Waals surface area contributed by atoms with E-state index < -0.39 is 9.84 Å². The molecular weight excluding hydrogens is 372 g/mol. The van der Waals surface area contributed by atoms with Crippen molar-refractivity contribution in [3.8, 4) is 0 Å². The first-order chi connectivity index (χ1) is 13.3. The summed E-state index contributed by atoms with van der Waals surface area (Å²) in [5.41, 5.74) is 2.46. The molecule has 0 saturated heterocycles. The van der Waals surface area contributed by atoms with E-state index in [0.29, 0.717) is 25.0 Å². The summed E-state index contributed by atoms with van der Waals surface area (Å²) in [6, 6.07) is 9.39. The lowest BCUT2D eigenvalue weighted by Gasteiger charge is -2.33. The number of hydrogen-bond donors (Lipinski definition) is 2. The monoisotopic (exact) mass is 408 g/mol. The maximum Gasteiger partial charge on any atom is 0.191 e. The van der Waals surface area contributed by atoms with Gasteiger partial charge >= 0.3 is 0 Å². The van der Waals surface area contributed by atoms with Crippen molar-refractivity contribution >= 4 is 21.5 Å². The van der Waals surface area contributed by atoms with Crippen LogP contribution < -0.4 is 15.5 Å². The Morgan fingerprint density at radius 3 is 2.43 bits per heavy atom. The van der Waals surface area contributed by atoms with Crippen LogP contribution in [0.1, 0.15) is 51.0 Å². The van der Waals surface area contributed by atoms with E-state index in [0.717, 1.165) is 0 Å². The number of anilines is 1. The van der Waals surface area contributed by atoms with E-state index in [1.54, 1.807) is 7.05 Å². The Kier molecular flexibility index (Phi) is 8.60. The molecule has 2 N–H and O–H groups in total. The van der Waals surface area contributed by atoms with Crippen molar-refractivity contribution in [1.82, 2.24) is 10.6 Å². The molecule has 28 heavy (non-hydrogen) atoms. The fourth-order valence-corrected chi connectivity index (χ4v) is 4.39. The Bertz CT molecular complexity index is 725. The molecule has 158 valence electrons. The molecule has 0 bridgehead atoms. The first-order valence-electron chi connectivity index (χ1n) is 10.2. The third kappa shape index (κ3) is 7.70. The smallest absolute Gasteiger partial charge is 0.191 e. The van der Waals surface area contributed by atoms with E-state index >= 15 is 0 Å². The molecule has 1 aliphatic rings. The highest BCUT2D eigenvalue weighted by Crippen LogP contribution is 2.26. The van der Waals surface area contributed by atoms with Gasteiger partial charge in [0.25, 0.3) is 0 Å². The van der Waals surface area contributed by atoms with Crippen molar-refractivity contribution < 1.29 is 8.42 Å². The van der Waals surface area contributed by atoms with Crippen molar-refractivity contribution in [2.24, 2.45) is 4.99 Å². The first-order valence-corrected chi connectivity index (χ1v) is 12.3. The van der Waals surface area contributed by atoms with Gasteiger partial charge in [0, 0.05) is 44.7 Å². The van der Waals surface area contributed by atoms with E-state index in [2.05, 4.69) is 51.8 Å². The molecule has 1 aromatic rings. The predicted molar refractivity (Wildman–Crippen MR) is 119 cm³/mol. The molecule has 0 aromatic heterocycles. The van der Waals surface area contributed by atoms with Crippen molar-refractivity contribution in [1.29, 1.82) is 0 Å². The standard InChI is InChI=1S/C21H36N4O2S/c1-17(14-15-28(4,26)27)24-21(22-2)23-16-18-10-12-20(13-11-18)25(3)19-8-6-5-7-9-19/h10-13,17,19H,5-9,14-16H2,1-4H3,(H2,22,23,24). The third-order valence-electron chi connectivity index (χ3n) is 5.45. The molecule has 1 unspecified atom stereocenters. The van der Waals surface area contributed by atoms with E-state index in [9.17, 15) is 8.42 Å². The second-order valence-electron chi connectivity index (χ2n) is 7.96. The molecule has 1 aliphatic carbocycles. The van der Waals surface area contributed by atoms with Crippen LogP contribution in [0.2, 0.25) is 0 Å². The van der Waals surface area contributed by atoms with Crippen molar-refractivity contribution in [2.45, 2.75) is 64.1 Å². The maximum absolute atomic E-state index is 11.3. The van der Waals surface area contributed by atoms with Gasteiger partial charge in [0.05, 0.1) is 5.75 Å². The minimum Gasteiger partial charge on any atom is -0.372 e. The van der Waals surface area contributed by atoms with E-state index in [1.807, 2.05) is 6.92 Å². The molecule has 0 amide bonds. The normalized spacial score (nSPS) is 17.2. The van der Waals surface area contributed by atoms with Gasteiger partial charge in [-0.2, -0.15) is 0 Å². The fraction of sp³-hybridized carbons (Fsp3) is 0.667. The van der Waals surface area contributed by atoms with Gasteiger partial charge in [-0.3, -0.25) is 4.99 Å². The fourth-order valence-electron chi connectivity index (χ4n) is 3.60. The van der Waals surface area contributed by atoms with Gasteiger partial charge in [-0.1, -0.05) is 31.4 Å². The van der Waals surface area contributed by atoms with E-state index in [4.69, 9.17) is 0 Å². The van der Waals surface area contributed by atoms with Crippen molar-refractivity contribution in [2.75, 3.05) is 31.0 Å². The number of aliphatic imine (C=N–C) groups is 1. The minimum atomic E-state index is -2.94. The lowest BCUT2D eigenvalue weighted by Crippen LogP contribution is -2.42. The van der Waals surface area contributed by atoms with Gasteiger partial charge < -0.3 is 15.5 Å². The summed E-state index contributed by atoms with van der Waals surface area (Å²) in [4.78, 5) is 6.65. The zero-order valence-corrected chi connectivity index (χ0v) is 18.6. The summed E-state index contributed by atoms with van der Waals surface area (Å²) < 4.78 is 22.6. The molecule has 6 nitrogen and oxygen atoms in total. The van der Waals surface area contributed by atoms with Gasteiger partial charge in [-0.25, -0.2) is 8.42 Å². The Morgan fingerprint density at radius 1 is 1.21 bits per heavy atom. The number of rotatable bonds is 8. The molecule has 1 atom stereocenters. The van der Waals surface area contributed by atoms with Gasteiger partial charge in [-0.05, 0) is 43.9 Å². The van der Waals surface area contributed by atoms with Crippen LogP contribution in [0.3, 0.4) is 0 Å². The summed E-state index contributed by atoms with van der Waals surface area (Å²) in [7, 11) is 0.984. The van der Waals surface area contributed by atoms with Crippen LogP contribution >= 0.6 is 0 Å². The molecule has 1 aromatic carbocycles. The summed E-state index contributed by atoms with van der Waals surface area (Å²) >= 11 is 0. The molecular formula is C21H36N4O2S. The maximum atomic E-state index is 11.3. The predicted octanol–water partition coefficient (Wildman–Crippen LogP) is 2.94. The summed E-state index contributed by atoms with van der Waals surface area (Å²) in [6.07, 6.45) is 8.46. The number of benzene rings is 1. The highest BCUT2D eigenvalue weighted by molar-refractivity contribution is 7.90. The summed E-state index contributed by atoms with van der Waals surface area (Å²) in [5, 5.41) is 6.55. The quantitative estimate of drug-likeness (QED) is 0.511. The number of guanidine groups is 1. The Morgan fingerprint density at radius 2 is 1.86 bits per heavy atom.